The first-order valence-corrected chi connectivity index (χ1v) is 5.89. The molecule has 0 aliphatic heterocycles. The molecule has 0 radical (unpaired) electrons. The van der Waals surface area contributed by atoms with E-state index in [-0.39, 0.29) is 6.54 Å². The van der Waals surface area contributed by atoms with Gasteiger partial charge in [-0.25, -0.2) is 4.98 Å². The lowest BCUT2D eigenvalue weighted by molar-refractivity contribution is -0.139. The number of rotatable bonds is 6. The number of methoxy groups -OCH3 is 1. The van der Waals surface area contributed by atoms with Gasteiger partial charge in [0.2, 0.25) is 11.8 Å². The van der Waals surface area contributed by atoms with E-state index in [2.05, 4.69) is 10.3 Å². The van der Waals surface area contributed by atoms with Crippen LogP contribution in [0.3, 0.4) is 0 Å². The van der Waals surface area contributed by atoms with Gasteiger partial charge >= 0.3 is 6.18 Å². The lowest BCUT2D eigenvalue weighted by Crippen LogP contribution is -2.45. The Kier molecular flexibility index (Phi) is 5.75. The fourth-order valence-electron chi connectivity index (χ4n) is 1.44. The number of hydrogen-bond donors (Lipinski definition) is 2. The molecule has 2 N–H and O–H groups in total. The SMILES string of the molecule is COc1ncccc1CNC(C)C(=O)NCC(F)(F)F. The van der Waals surface area contributed by atoms with E-state index >= 15 is 0 Å². The average Bonchev–Trinajstić information content (AvgIpc) is 2.41. The molecule has 1 rings (SSSR count). The van der Waals surface area contributed by atoms with Crippen LogP contribution >= 0.6 is 0 Å². The van der Waals surface area contributed by atoms with Crippen LogP contribution in [0.4, 0.5) is 13.2 Å². The molecule has 0 fully saturated rings. The van der Waals surface area contributed by atoms with E-state index in [9.17, 15) is 18.0 Å². The van der Waals surface area contributed by atoms with Crippen LogP contribution in [0.15, 0.2) is 18.3 Å². The molecule has 5 nitrogen and oxygen atoms in total. The molecule has 0 aliphatic rings. The fraction of sp³-hybridized carbons (Fsp3) is 0.500. The molecule has 0 bridgehead atoms. The van der Waals surface area contributed by atoms with Gasteiger partial charge in [-0.3, -0.25) is 4.79 Å². The molecule has 0 aliphatic carbocycles. The van der Waals surface area contributed by atoms with E-state index in [0.29, 0.717) is 11.4 Å². The maximum Gasteiger partial charge on any atom is 0.405 e. The molecule has 1 amide bonds. The monoisotopic (exact) mass is 291 g/mol. The molecule has 1 aromatic heterocycles. The van der Waals surface area contributed by atoms with Gasteiger partial charge in [-0.15, -0.1) is 0 Å². The second kappa shape index (κ2) is 7.09. The minimum atomic E-state index is -4.41. The molecular weight excluding hydrogens is 275 g/mol. The zero-order valence-electron chi connectivity index (χ0n) is 11.1. The van der Waals surface area contributed by atoms with Crippen molar-refractivity contribution in [1.29, 1.82) is 0 Å². The smallest absolute Gasteiger partial charge is 0.405 e. The van der Waals surface area contributed by atoms with E-state index in [0.717, 1.165) is 0 Å². The summed E-state index contributed by atoms with van der Waals surface area (Å²) in [5.74, 6) is -0.312. The van der Waals surface area contributed by atoms with Crippen LogP contribution in [0.2, 0.25) is 0 Å². The van der Waals surface area contributed by atoms with Crippen molar-refractivity contribution in [2.45, 2.75) is 25.7 Å². The summed E-state index contributed by atoms with van der Waals surface area (Å²) in [5.41, 5.74) is 0.713. The summed E-state index contributed by atoms with van der Waals surface area (Å²) >= 11 is 0. The average molecular weight is 291 g/mol. The molecule has 1 atom stereocenters. The van der Waals surface area contributed by atoms with E-state index in [4.69, 9.17) is 4.74 Å². The molecule has 1 unspecified atom stereocenters. The van der Waals surface area contributed by atoms with Crippen molar-refractivity contribution >= 4 is 5.91 Å². The molecule has 20 heavy (non-hydrogen) atoms. The third kappa shape index (κ3) is 5.43. The highest BCUT2D eigenvalue weighted by Crippen LogP contribution is 2.13. The topological polar surface area (TPSA) is 63.2 Å². The van der Waals surface area contributed by atoms with Gasteiger partial charge < -0.3 is 15.4 Å². The number of alkyl halides is 3. The Labute approximate surface area is 114 Å². The number of hydrogen-bond acceptors (Lipinski definition) is 4. The molecule has 0 spiro atoms. The number of carbonyl (C=O) groups excluding carboxylic acids is 1. The van der Waals surface area contributed by atoms with Crippen molar-refractivity contribution in [1.82, 2.24) is 15.6 Å². The molecule has 1 heterocycles. The van der Waals surface area contributed by atoms with Crippen LogP contribution in [-0.2, 0) is 11.3 Å². The van der Waals surface area contributed by atoms with Gasteiger partial charge in [-0.05, 0) is 13.0 Å². The number of ether oxygens (including phenoxy) is 1. The maximum absolute atomic E-state index is 12.0. The number of nitrogens with zero attached hydrogens (tertiary/aromatic N) is 1. The molecule has 0 saturated heterocycles. The Hall–Kier alpha value is -1.83. The van der Waals surface area contributed by atoms with Gasteiger partial charge in [0.25, 0.3) is 0 Å². The van der Waals surface area contributed by atoms with Gasteiger partial charge in [-0.2, -0.15) is 13.2 Å². The quantitative estimate of drug-likeness (QED) is 0.828. The standard InChI is InChI=1S/C12H16F3N3O2/c1-8(10(19)18-7-12(13,14)15)17-6-9-4-3-5-16-11(9)20-2/h3-5,8,17H,6-7H2,1-2H3,(H,18,19). The number of amides is 1. The highest BCUT2D eigenvalue weighted by Gasteiger charge is 2.28. The van der Waals surface area contributed by atoms with Crippen molar-refractivity contribution in [3.63, 3.8) is 0 Å². The van der Waals surface area contributed by atoms with Crippen LogP contribution < -0.4 is 15.4 Å². The summed E-state index contributed by atoms with van der Waals surface area (Å²) in [4.78, 5) is 15.4. The molecule has 1 aromatic rings. The number of halogens is 3. The summed E-state index contributed by atoms with van der Waals surface area (Å²) in [6.07, 6.45) is -2.86. The minimum Gasteiger partial charge on any atom is -0.481 e. The second-order valence-corrected chi connectivity index (χ2v) is 4.11. The Morgan fingerprint density at radius 1 is 1.50 bits per heavy atom. The molecule has 8 heteroatoms. The van der Waals surface area contributed by atoms with E-state index in [1.165, 1.54) is 14.0 Å². The summed E-state index contributed by atoms with van der Waals surface area (Å²) in [7, 11) is 1.46. The largest absolute Gasteiger partial charge is 0.481 e. The third-order valence-corrected chi connectivity index (χ3v) is 2.50. The number of aromatic nitrogens is 1. The third-order valence-electron chi connectivity index (χ3n) is 2.50. The first kappa shape index (κ1) is 16.2. The first-order valence-electron chi connectivity index (χ1n) is 5.89. The minimum absolute atomic E-state index is 0.262. The Bertz CT molecular complexity index is 452. The van der Waals surface area contributed by atoms with Crippen molar-refractivity contribution in [3.05, 3.63) is 23.9 Å². The van der Waals surface area contributed by atoms with E-state index < -0.39 is 24.7 Å². The molecule has 0 saturated carbocycles. The van der Waals surface area contributed by atoms with Crippen LogP contribution in [0.1, 0.15) is 12.5 Å². The second-order valence-electron chi connectivity index (χ2n) is 4.11. The van der Waals surface area contributed by atoms with Crippen LogP contribution in [0.25, 0.3) is 0 Å². The number of nitrogens with one attached hydrogen (secondary N) is 2. The van der Waals surface area contributed by atoms with E-state index in [1.807, 2.05) is 5.32 Å². The molecular formula is C12H16F3N3O2. The summed E-state index contributed by atoms with van der Waals surface area (Å²) in [6.45, 7) is 0.403. The predicted molar refractivity (Wildman–Crippen MR) is 66.2 cm³/mol. The zero-order valence-corrected chi connectivity index (χ0v) is 11.1. The van der Waals surface area contributed by atoms with Gasteiger partial charge in [0, 0.05) is 18.3 Å². The van der Waals surface area contributed by atoms with Gasteiger partial charge in [-0.1, -0.05) is 6.07 Å². The highest BCUT2D eigenvalue weighted by atomic mass is 19.4. The summed E-state index contributed by atoms with van der Waals surface area (Å²) < 4.78 is 40.9. The lowest BCUT2D eigenvalue weighted by Gasteiger charge is -2.15. The van der Waals surface area contributed by atoms with Gasteiger partial charge in [0.05, 0.1) is 13.2 Å². The fourth-order valence-corrected chi connectivity index (χ4v) is 1.44. The number of carbonyl (C=O) groups is 1. The Balaban J connectivity index is 2.46. The first-order chi connectivity index (χ1) is 9.33. The van der Waals surface area contributed by atoms with Crippen LogP contribution in [0, 0.1) is 0 Å². The van der Waals surface area contributed by atoms with Crippen molar-refractivity contribution < 1.29 is 22.7 Å². The normalized spacial score (nSPS) is 12.8. The van der Waals surface area contributed by atoms with Gasteiger partial charge in [0.15, 0.2) is 0 Å². The van der Waals surface area contributed by atoms with Crippen molar-refractivity contribution in [2.75, 3.05) is 13.7 Å². The Morgan fingerprint density at radius 2 is 2.20 bits per heavy atom. The summed E-state index contributed by atoms with van der Waals surface area (Å²) in [5, 5.41) is 4.62. The van der Waals surface area contributed by atoms with Gasteiger partial charge in [0.1, 0.15) is 6.54 Å². The maximum atomic E-state index is 12.0. The summed E-state index contributed by atoms with van der Waals surface area (Å²) in [6, 6.07) is 2.69. The van der Waals surface area contributed by atoms with E-state index in [1.54, 1.807) is 18.3 Å². The zero-order chi connectivity index (χ0) is 15.2. The highest BCUT2D eigenvalue weighted by molar-refractivity contribution is 5.81. The molecule has 112 valence electrons. The van der Waals surface area contributed by atoms with Crippen LogP contribution in [0.5, 0.6) is 5.88 Å². The molecule has 0 aromatic carbocycles. The van der Waals surface area contributed by atoms with Crippen molar-refractivity contribution in [2.24, 2.45) is 0 Å². The lowest BCUT2D eigenvalue weighted by atomic mass is 10.2. The van der Waals surface area contributed by atoms with Crippen molar-refractivity contribution in [3.8, 4) is 5.88 Å². The number of pyridine rings is 1. The van der Waals surface area contributed by atoms with Crippen LogP contribution in [-0.4, -0.2) is 36.8 Å². The Morgan fingerprint density at radius 3 is 2.80 bits per heavy atom. The predicted octanol–water partition coefficient (Wildman–Crippen LogP) is 1.25.